The van der Waals surface area contributed by atoms with E-state index >= 15 is 0 Å². The van der Waals surface area contributed by atoms with Crippen LogP contribution in [0.2, 0.25) is 0 Å². The molecule has 0 saturated carbocycles. The van der Waals surface area contributed by atoms with Gasteiger partial charge in [0.2, 0.25) is 15.9 Å². The topological polar surface area (TPSA) is 85.8 Å². The summed E-state index contributed by atoms with van der Waals surface area (Å²) in [4.78, 5) is 21.8. The first-order valence-corrected chi connectivity index (χ1v) is 12.9. The minimum Gasteiger partial charge on any atom is -0.347 e. The van der Waals surface area contributed by atoms with Crippen LogP contribution >= 0.6 is 11.3 Å². The number of rotatable bonds is 8. The number of hydrogen-bond acceptors (Lipinski definition) is 7. The first-order chi connectivity index (χ1) is 14.8. The van der Waals surface area contributed by atoms with E-state index in [2.05, 4.69) is 25.5 Å². The summed E-state index contributed by atoms with van der Waals surface area (Å²) >= 11 is 1.66. The van der Waals surface area contributed by atoms with Gasteiger partial charge < -0.3 is 10.2 Å². The Morgan fingerprint density at radius 3 is 2.45 bits per heavy atom. The van der Waals surface area contributed by atoms with Crippen molar-refractivity contribution in [3.8, 4) is 0 Å². The maximum Gasteiger partial charge on any atom is 0.243 e. The van der Waals surface area contributed by atoms with Gasteiger partial charge in [0.1, 0.15) is 0 Å². The number of carbonyl (C=O) groups excluding carboxylic acids is 1. The number of hydrogen-bond donors (Lipinski definition) is 1. The molecule has 1 amide bonds. The standard InChI is InChI=1S/C21H31N5O3S2/c1-4-26(5-2)31(28,29)19-9-7-18(8-10-19)23-20(27)15-24-11-6-12-25(14-13-24)21-22-17(3)16-30-21/h7-10,16H,4-6,11-15H2,1-3H3,(H,23,27). The van der Waals surface area contributed by atoms with E-state index in [1.54, 1.807) is 35.6 Å². The molecule has 3 rings (SSSR count). The van der Waals surface area contributed by atoms with Gasteiger partial charge >= 0.3 is 0 Å². The Hall–Kier alpha value is -2.01. The average Bonchev–Trinajstić information content (AvgIpc) is 3.04. The number of anilines is 2. The Balaban J connectivity index is 1.53. The molecule has 1 aromatic heterocycles. The quantitative estimate of drug-likeness (QED) is 0.645. The molecule has 170 valence electrons. The predicted molar refractivity (Wildman–Crippen MR) is 125 cm³/mol. The first-order valence-electron chi connectivity index (χ1n) is 10.6. The van der Waals surface area contributed by atoms with E-state index < -0.39 is 10.0 Å². The van der Waals surface area contributed by atoms with Gasteiger partial charge in [0.25, 0.3) is 0 Å². The highest BCUT2D eigenvalue weighted by molar-refractivity contribution is 7.89. The fourth-order valence-electron chi connectivity index (χ4n) is 3.63. The van der Waals surface area contributed by atoms with Crippen LogP contribution in [0.15, 0.2) is 34.5 Å². The lowest BCUT2D eigenvalue weighted by atomic mass is 10.3. The number of aryl methyl sites for hydroxylation is 1. The second kappa shape index (κ2) is 10.5. The maximum absolute atomic E-state index is 12.6. The van der Waals surface area contributed by atoms with Crippen molar-refractivity contribution in [3.63, 3.8) is 0 Å². The Morgan fingerprint density at radius 2 is 1.84 bits per heavy atom. The van der Waals surface area contributed by atoms with Gasteiger partial charge in [0, 0.05) is 50.3 Å². The molecule has 8 nitrogen and oxygen atoms in total. The number of thiazole rings is 1. The van der Waals surface area contributed by atoms with E-state index in [9.17, 15) is 13.2 Å². The van der Waals surface area contributed by atoms with Crippen LogP contribution in [0.25, 0.3) is 0 Å². The highest BCUT2D eigenvalue weighted by Gasteiger charge is 2.22. The van der Waals surface area contributed by atoms with Crippen molar-refractivity contribution in [2.75, 3.05) is 56.0 Å². The van der Waals surface area contributed by atoms with Gasteiger partial charge in [0.15, 0.2) is 5.13 Å². The van der Waals surface area contributed by atoms with Gasteiger partial charge in [-0.25, -0.2) is 13.4 Å². The lowest BCUT2D eigenvalue weighted by Crippen LogP contribution is -2.36. The van der Waals surface area contributed by atoms with Gasteiger partial charge in [-0.15, -0.1) is 11.3 Å². The molecule has 2 heterocycles. The molecule has 0 spiro atoms. The third-order valence-corrected chi connectivity index (χ3v) is 8.40. The lowest BCUT2D eigenvalue weighted by Gasteiger charge is -2.21. The molecular formula is C21H31N5O3S2. The second-order valence-electron chi connectivity index (χ2n) is 7.55. The van der Waals surface area contributed by atoms with Crippen molar-refractivity contribution >= 4 is 38.1 Å². The third-order valence-electron chi connectivity index (χ3n) is 5.31. The largest absolute Gasteiger partial charge is 0.347 e. The van der Waals surface area contributed by atoms with Crippen LogP contribution in [-0.2, 0) is 14.8 Å². The number of nitrogens with one attached hydrogen (secondary N) is 1. The fourth-order valence-corrected chi connectivity index (χ4v) is 5.95. The monoisotopic (exact) mass is 465 g/mol. The van der Waals surface area contributed by atoms with Crippen molar-refractivity contribution in [2.45, 2.75) is 32.1 Å². The molecule has 0 radical (unpaired) electrons. The summed E-state index contributed by atoms with van der Waals surface area (Å²) in [7, 11) is -3.50. The molecule has 0 bridgehead atoms. The number of benzene rings is 1. The van der Waals surface area contributed by atoms with E-state index in [4.69, 9.17) is 0 Å². The predicted octanol–water partition coefficient (Wildman–Crippen LogP) is 2.63. The second-order valence-corrected chi connectivity index (χ2v) is 10.3. The summed E-state index contributed by atoms with van der Waals surface area (Å²) < 4.78 is 26.6. The van der Waals surface area contributed by atoms with E-state index in [0.29, 0.717) is 25.3 Å². The van der Waals surface area contributed by atoms with Gasteiger partial charge in [-0.3, -0.25) is 9.69 Å². The summed E-state index contributed by atoms with van der Waals surface area (Å²) in [6, 6.07) is 6.37. The minimum atomic E-state index is -3.50. The Kier molecular flexibility index (Phi) is 8.04. The van der Waals surface area contributed by atoms with E-state index in [0.717, 1.165) is 43.4 Å². The summed E-state index contributed by atoms with van der Waals surface area (Å²) in [6.45, 7) is 10.2. The van der Waals surface area contributed by atoms with Gasteiger partial charge in [-0.2, -0.15) is 4.31 Å². The highest BCUT2D eigenvalue weighted by atomic mass is 32.2. The summed E-state index contributed by atoms with van der Waals surface area (Å²) in [6.07, 6.45) is 0.976. The van der Waals surface area contributed by atoms with Gasteiger partial charge in [-0.1, -0.05) is 13.8 Å². The molecule has 1 aromatic carbocycles. The van der Waals surface area contributed by atoms with Gasteiger partial charge in [0.05, 0.1) is 17.1 Å². The molecule has 0 atom stereocenters. The molecule has 0 unspecified atom stereocenters. The van der Waals surface area contributed by atoms with Crippen LogP contribution in [-0.4, -0.2) is 74.3 Å². The van der Waals surface area contributed by atoms with E-state index in [-0.39, 0.29) is 10.8 Å². The first kappa shape index (κ1) is 23.6. The molecule has 1 N–H and O–H groups in total. The van der Waals surface area contributed by atoms with Crippen LogP contribution in [0, 0.1) is 6.92 Å². The van der Waals surface area contributed by atoms with Crippen molar-refractivity contribution in [3.05, 3.63) is 35.3 Å². The van der Waals surface area contributed by atoms with Crippen molar-refractivity contribution in [1.82, 2.24) is 14.2 Å². The SMILES string of the molecule is CCN(CC)S(=O)(=O)c1ccc(NC(=O)CN2CCCN(c3nc(C)cs3)CC2)cc1. The summed E-state index contributed by atoms with van der Waals surface area (Å²) in [5, 5.41) is 5.98. The molecule has 10 heteroatoms. The average molecular weight is 466 g/mol. The van der Waals surface area contributed by atoms with E-state index in [1.165, 1.54) is 4.31 Å². The minimum absolute atomic E-state index is 0.0992. The Bertz CT molecular complexity index is 971. The van der Waals surface area contributed by atoms with Crippen molar-refractivity contribution in [2.24, 2.45) is 0 Å². The molecular weight excluding hydrogens is 434 g/mol. The number of aromatic nitrogens is 1. The van der Waals surface area contributed by atoms with Crippen LogP contribution in [0.4, 0.5) is 10.8 Å². The number of sulfonamides is 1. The Labute approximate surface area is 188 Å². The molecule has 31 heavy (non-hydrogen) atoms. The molecule has 2 aromatic rings. The van der Waals surface area contributed by atoms with Crippen LogP contribution in [0.3, 0.4) is 0 Å². The Morgan fingerprint density at radius 1 is 1.13 bits per heavy atom. The number of carbonyl (C=O) groups is 1. The van der Waals surface area contributed by atoms with Crippen LogP contribution < -0.4 is 10.2 Å². The lowest BCUT2D eigenvalue weighted by molar-refractivity contribution is -0.117. The van der Waals surface area contributed by atoms with Crippen LogP contribution in [0.1, 0.15) is 26.0 Å². The highest BCUT2D eigenvalue weighted by Crippen LogP contribution is 2.22. The smallest absolute Gasteiger partial charge is 0.243 e. The molecule has 1 aliphatic rings. The number of amides is 1. The van der Waals surface area contributed by atoms with Crippen molar-refractivity contribution < 1.29 is 13.2 Å². The zero-order valence-corrected chi connectivity index (χ0v) is 20.0. The number of nitrogens with zero attached hydrogens (tertiary/aromatic N) is 4. The third kappa shape index (κ3) is 6.03. The van der Waals surface area contributed by atoms with Crippen molar-refractivity contribution in [1.29, 1.82) is 0 Å². The zero-order chi connectivity index (χ0) is 22.4. The zero-order valence-electron chi connectivity index (χ0n) is 18.4. The fraction of sp³-hybridized carbons (Fsp3) is 0.524. The molecule has 1 saturated heterocycles. The van der Waals surface area contributed by atoms with Gasteiger partial charge in [-0.05, 0) is 37.6 Å². The maximum atomic E-state index is 12.6. The van der Waals surface area contributed by atoms with Crippen LogP contribution in [0.5, 0.6) is 0 Å². The summed E-state index contributed by atoms with van der Waals surface area (Å²) in [5.74, 6) is -0.0992. The molecule has 1 fully saturated rings. The summed E-state index contributed by atoms with van der Waals surface area (Å²) in [5.41, 5.74) is 1.63. The normalized spacial score (nSPS) is 15.8. The molecule has 0 aliphatic carbocycles. The van der Waals surface area contributed by atoms with E-state index in [1.807, 2.05) is 20.8 Å². The molecule has 1 aliphatic heterocycles.